The number of aryl methyl sites for hydroxylation is 1. The number of nitrogens with one attached hydrogen (secondary N) is 3. The number of rotatable bonds is 4. The Balaban J connectivity index is 1.51. The van der Waals surface area contributed by atoms with Crippen molar-refractivity contribution < 1.29 is 0 Å². The predicted molar refractivity (Wildman–Crippen MR) is 130 cm³/mol. The molecule has 7 heteroatoms. The molecule has 3 N–H and O–H groups in total. The van der Waals surface area contributed by atoms with Gasteiger partial charge in [0.05, 0.1) is 34.8 Å². The van der Waals surface area contributed by atoms with Gasteiger partial charge in [-0.2, -0.15) is 0 Å². The topological polar surface area (TPSA) is 78.5 Å². The Morgan fingerprint density at radius 1 is 1.06 bits per heavy atom. The van der Waals surface area contributed by atoms with Gasteiger partial charge in [-0.1, -0.05) is 52.3 Å². The molecule has 0 fully saturated rings. The van der Waals surface area contributed by atoms with E-state index < -0.39 is 0 Å². The number of benzene rings is 3. The van der Waals surface area contributed by atoms with Crippen LogP contribution < -0.4 is 11.0 Å². The van der Waals surface area contributed by atoms with E-state index in [1.54, 1.807) is 10.9 Å². The lowest BCUT2D eigenvalue weighted by molar-refractivity contribution is 0.758. The van der Waals surface area contributed by atoms with Gasteiger partial charge in [0.1, 0.15) is 5.82 Å². The number of hydrogen-bond donors (Lipinski definition) is 3. The third kappa shape index (κ3) is 3.17. The Kier molecular flexibility index (Phi) is 4.50. The fourth-order valence-corrected chi connectivity index (χ4v) is 4.88. The van der Waals surface area contributed by atoms with Crippen LogP contribution in [-0.4, -0.2) is 19.5 Å². The predicted octanol–water partition coefficient (Wildman–Crippen LogP) is 5.57. The molecular weight excluding hydrogens is 466 g/mol. The molecule has 2 heterocycles. The number of fused-ring (bicyclic) bond motifs is 2. The molecule has 2 aromatic heterocycles. The van der Waals surface area contributed by atoms with E-state index in [1.165, 1.54) is 11.1 Å². The molecule has 0 aliphatic heterocycles. The van der Waals surface area contributed by atoms with E-state index >= 15 is 0 Å². The third-order valence-electron chi connectivity index (χ3n) is 6.13. The van der Waals surface area contributed by atoms with Gasteiger partial charge in [0, 0.05) is 10.0 Å². The highest BCUT2D eigenvalue weighted by Crippen LogP contribution is 2.37. The summed E-state index contributed by atoms with van der Waals surface area (Å²) < 4.78 is 2.72. The van der Waals surface area contributed by atoms with Crippen LogP contribution in [0.5, 0.6) is 0 Å². The number of nitrogens with zero attached hydrogens (tertiary/aromatic N) is 2. The van der Waals surface area contributed by atoms with Crippen LogP contribution in [0.25, 0.3) is 28.0 Å². The smallest absolute Gasteiger partial charge is 0.332 e. The number of halogens is 1. The quantitative estimate of drug-likeness (QED) is 0.311. The SMILES string of the molecule is O=c1[nH]c(NC2CCc3ccccc32)c(-c2ccc(Br)cc2)n1-c1ccc2nc[nH]c2c1. The van der Waals surface area contributed by atoms with Gasteiger partial charge in [-0.25, -0.2) is 9.78 Å². The summed E-state index contributed by atoms with van der Waals surface area (Å²) in [6.07, 6.45) is 3.68. The first-order valence-electron chi connectivity index (χ1n) is 10.6. The van der Waals surface area contributed by atoms with Gasteiger partial charge in [-0.3, -0.25) is 9.55 Å². The van der Waals surface area contributed by atoms with Crippen LogP contribution in [0.15, 0.2) is 82.3 Å². The fourth-order valence-electron chi connectivity index (χ4n) is 4.61. The zero-order valence-electron chi connectivity index (χ0n) is 17.1. The molecule has 0 bridgehead atoms. The molecule has 6 rings (SSSR count). The van der Waals surface area contributed by atoms with Crippen molar-refractivity contribution >= 4 is 32.8 Å². The van der Waals surface area contributed by atoms with Crippen LogP contribution in [-0.2, 0) is 6.42 Å². The van der Waals surface area contributed by atoms with E-state index in [-0.39, 0.29) is 11.7 Å². The molecule has 1 aliphatic rings. The van der Waals surface area contributed by atoms with Crippen LogP contribution >= 0.6 is 15.9 Å². The second-order valence-corrected chi connectivity index (χ2v) is 8.95. The summed E-state index contributed by atoms with van der Waals surface area (Å²) >= 11 is 3.51. The number of H-pyrrole nitrogens is 2. The average Bonchev–Trinajstić information content (AvgIpc) is 3.51. The van der Waals surface area contributed by atoms with Crippen molar-refractivity contribution in [2.24, 2.45) is 0 Å². The maximum Gasteiger partial charge on any atom is 0.332 e. The first-order valence-corrected chi connectivity index (χ1v) is 11.4. The minimum Gasteiger partial charge on any atom is -0.363 e. The second kappa shape index (κ2) is 7.53. The summed E-state index contributed by atoms with van der Waals surface area (Å²) in [4.78, 5) is 23.7. The van der Waals surface area contributed by atoms with Crippen molar-refractivity contribution in [1.29, 1.82) is 0 Å². The van der Waals surface area contributed by atoms with Crippen LogP contribution in [0.3, 0.4) is 0 Å². The van der Waals surface area contributed by atoms with E-state index in [1.807, 2.05) is 42.5 Å². The van der Waals surface area contributed by atoms with Gasteiger partial charge >= 0.3 is 5.69 Å². The Morgan fingerprint density at radius 3 is 2.78 bits per heavy atom. The molecule has 5 aromatic rings. The van der Waals surface area contributed by atoms with Crippen LogP contribution in [0.1, 0.15) is 23.6 Å². The first kappa shape index (κ1) is 19.1. The van der Waals surface area contributed by atoms with Crippen LogP contribution in [0, 0.1) is 0 Å². The molecule has 6 nitrogen and oxygen atoms in total. The molecule has 158 valence electrons. The van der Waals surface area contributed by atoms with E-state index in [9.17, 15) is 4.79 Å². The Labute approximate surface area is 192 Å². The Hall–Kier alpha value is -3.58. The van der Waals surface area contributed by atoms with Crippen molar-refractivity contribution in [3.05, 3.63) is 99.1 Å². The van der Waals surface area contributed by atoms with E-state index in [0.717, 1.165) is 51.1 Å². The first-order chi connectivity index (χ1) is 15.7. The summed E-state index contributed by atoms with van der Waals surface area (Å²) in [5, 5.41) is 3.63. The molecule has 1 unspecified atom stereocenters. The summed E-state index contributed by atoms with van der Waals surface area (Å²) in [5.41, 5.74) is 6.76. The van der Waals surface area contributed by atoms with Gasteiger partial charge in [0.15, 0.2) is 0 Å². The van der Waals surface area contributed by atoms with Gasteiger partial charge < -0.3 is 10.3 Å². The van der Waals surface area contributed by atoms with Crippen molar-refractivity contribution in [3.63, 3.8) is 0 Å². The summed E-state index contributed by atoms with van der Waals surface area (Å²) in [6.45, 7) is 0. The second-order valence-electron chi connectivity index (χ2n) is 8.03. The Morgan fingerprint density at radius 2 is 1.91 bits per heavy atom. The van der Waals surface area contributed by atoms with E-state index in [2.05, 4.69) is 60.5 Å². The highest BCUT2D eigenvalue weighted by atomic mass is 79.9. The van der Waals surface area contributed by atoms with Gasteiger partial charge in [-0.05, 0) is 54.3 Å². The van der Waals surface area contributed by atoms with Gasteiger partial charge in [-0.15, -0.1) is 0 Å². The molecule has 0 radical (unpaired) electrons. The maximum absolute atomic E-state index is 13.2. The van der Waals surface area contributed by atoms with E-state index in [0.29, 0.717) is 0 Å². The molecule has 0 saturated carbocycles. The number of aromatic nitrogens is 4. The molecule has 0 amide bonds. The molecule has 1 atom stereocenters. The van der Waals surface area contributed by atoms with Gasteiger partial charge in [0.25, 0.3) is 0 Å². The van der Waals surface area contributed by atoms with Crippen molar-refractivity contribution in [3.8, 4) is 16.9 Å². The maximum atomic E-state index is 13.2. The highest BCUT2D eigenvalue weighted by molar-refractivity contribution is 9.10. The minimum atomic E-state index is -0.185. The molecule has 0 saturated heterocycles. The monoisotopic (exact) mass is 485 g/mol. The molecule has 0 spiro atoms. The molecule has 32 heavy (non-hydrogen) atoms. The summed E-state index contributed by atoms with van der Waals surface area (Å²) in [6, 6.07) is 22.5. The van der Waals surface area contributed by atoms with Crippen LogP contribution in [0.4, 0.5) is 5.82 Å². The number of anilines is 1. The minimum absolute atomic E-state index is 0.155. The number of aromatic amines is 2. The zero-order valence-corrected chi connectivity index (χ0v) is 18.7. The summed E-state index contributed by atoms with van der Waals surface area (Å²) in [7, 11) is 0. The lowest BCUT2D eigenvalue weighted by Gasteiger charge is -2.17. The van der Waals surface area contributed by atoms with Crippen molar-refractivity contribution in [2.75, 3.05) is 5.32 Å². The number of hydrogen-bond acceptors (Lipinski definition) is 3. The standard InChI is InChI=1S/C25H20BrN5O/c26-17-8-5-16(6-9-17)23-24(29-20-11-7-15-3-1-2-4-19(15)20)30-25(32)31(23)18-10-12-21-22(13-18)28-14-27-21/h1-6,8-10,12-14,20,29H,7,11H2,(H,27,28)(H,30,32). The molecule has 3 aromatic carbocycles. The zero-order chi connectivity index (χ0) is 21.7. The number of imidazole rings is 2. The summed E-state index contributed by atoms with van der Waals surface area (Å²) in [5.74, 6) is 0.726. The fraction of sp³-hybridized carbons (Fsp3) is 0.120. The van der Waals surface area contributed by atoms with Crippen molar-refractivity contribution in [1.82, 2.24) is 19.5 Å². The van der Waals surface area contributed by atoms with Crippen molar-refractivity contribution in [2.45, 2.75) is 18.9 Å². The highest BCUT2D eigenvalue weighted by Gasteiger charge is 2.25. The van der Waals surface area contributed by atoms with Crippen LogP contribution in [0.2, 0.25) is 0 Å². The largest absolute Gasteiger partial charge is 0.363 e. The third-order valence-corrected chi connectivity index (χ3v) is 6.66. The molecular formula is C25H20BrN5O. The Bertz CT molecular complexity index is 1500. The van der Waals surface area contributed by atoms with Gasteiger partial charge in [0.2, 0.25) is 0 Å². The average molecular weight is 486 g/mol. The lowest BCUT2D eigenvalue weighted by atomic mass is 10.1. The van der Waals surface area contributed by atoms with E-state index in [4.69, 9.17) is 0 Å². The lowest BCUT2D eigenvalue weighted by Crippen LogP contribution is -2.15. The normalized spacial score (nSPS) is 15.2. The molecule has 1 aliphatic carbocycles.